The van der Waals surface area contributed by atoms with E-state index in [4.69, 9.17) is 10.5 Å². The van der Waals surface area contributed by atoms with Crippen molar-refractivity contribution in [2.45, 2.75) is 91.6 Å². The van der Waals surface area contributed by atoms with E-state index in [1.807, 2.05) is 27.7 Å². The van der Waals surface area contributed by atoms with E-state index in [1.54, 1.807) is 32.6 Å². The largest absolute Gasteiger partial charge is 0.444 e. The molecule has 0 aromatic rings. The maximum atomic E-state index is 13.1. The Hall–Kier alpha value is -1.83. The molecule has 3 amide bonds. The van der Waals surface area contributed by atoms with Gasteiger partial charge in [0.1, 0.15) is 17.7 Å². The molecule has 8 nitrogen and oxygen atoms in total. The SMILES string of the molecule is C[C@@H]1CC(N)CN1C(=O)C(NC(=O)[C@H](C)N(C)C(=O)OC(C)(C)C)C(C)(C)C. The molecule has 1 aliphatic rings. The Morgan fingerprint density at radius 3 is 2.11 bits per heavy atom. The van der Waals surface area contributed by atoms with Crippen molar-refractivity contribution in [1.82, 2.24) is 15.1 Å². The van der Waals surface area contributed by atoms with Crippen LogP contribution in [0.3, 0.4) is 0 Å². The normalized spacial score (nSPS) is 22.4. The van der Waals surface area contributed by atoms with Crippen molar-refractivity contribution in [2.75, 3.05) is 13.6 Å². The van der Waals surface area contributed by atoms with Gasteiger partial charge in [0.2, 0.25) is 11.8 Å². The number of carbonyl (C=O) groups is 3. The molecule has 0 spiro atoms. The van der Waals surface area contributed by atoms with Crippen LogP contribution in [0, 0.1) is 5.41 Å². The number of nitrogens with two attached hydrogens (primary N) is 1. The number of nitrogens with zero attached hydrogens (tertiary/aromatic N) is 2. The minimum Gasteiger partial charge on any atom is -0.444 e. The molecule has 0 radical (unpaired) electrons. The highest BCUT2D eigenvalue weighted by Gasteiger charge is 2.41. The van der Waals surface area contributed by atoms with Gasteiger partial charge in [-0.3, -0.25) is 14.5 Å². The van der Waals surface area contributed by atoms with Gasteiger partial charge < -0.3 is 20.7 Å². The molecule has 0 aromatic heterocycles. The highest BCUT2D eigenvalue weighted by Crippen LogP contribution is 2.25. The number of hydrogen-bond acceptors (Lipinski definition) is 5. The fraction of sp³-hybridized carbons (Fsp3) is 0.850. The van der Waals surface area contributed by atoms with Gasteiger partial charge in [-0.2, -0.15) is 0 Å². The third-order valence-electron chi connectivity index (χ3n) is 4.93. The van der Waals surface area contributed by atoms with E-state index < -0.39 is 35.1 Å². The maximum absolute atomic E-state index is 13.1. The average molecular weight is 399 g/mol. The van der Waals surface area contributed by atoms with Crippen molar-refractivity contribution in [3.63, 3.8) is 0 Å². The lowest BCUT2D eigenvalue weighted by Crippen LogP contribution is -2.59. The summed E-state index contributed by atoms with van der Waals surface area (Å²) in [5, 5.41) is 2.85. The van der Waals surface area contributed by atoms with Crippen LogP contribution in [-0.2, 0) is 14.3 Å². The second-order valence-electron chi connectivity index (χ2n) is 9.91. The van der Waals surface area contributed by atoms with Gasteiger partial charge in [0.15, 0.2) is 0 Å². The summed E-state index contributed by atoms with van der Waals surface area (Å²) in [7, 11) is 1.51. The number of amides is 3. The summed E-state index contributed by atoms with van der Waals surface area (Å²) in [6.07, 6.45) is 0.154. The molecular weight excluding hydrogens is 360 g/mol. The third-order valence-corrected chi connectivity index (χ3v) is 4.93. The van der Waals surface area contributed by atoms with Gasteiger partial charge in [-0.05, 0) is 46.5 Å². The second kappa shape index (κ2) is 8.68. The zero-order valence-electron chi connectivity index (χ0n) is 18.8. The van der Waals surface area contributed by atoms with Crippen LogP contribution in [-0.4, -0.2) is 71.1 Å². The summed E-state index contributed by atoms with van der Waals surface area (Å²) in [5.74, 6) is -0.550. The lowest BCUT2D eigenvalue weighted by Gasteiger charge is -2.36. The predicted molar refractivity (Wildman–Crippen MR) is 109 cm³/mol. The standard InChI is InChI=1S/C20H38N4O4/c1-12-10-14(21)11-24(12)17(26)15(19(3,4)5)22-16(25)13(2)23(9)18(27)28-20(6,7)8/h12-15H,10-11,21H2,1-9H3,(H,22,25)/t12-,13+,14?,15?/m1/s1. The van der Waals surface area contributed by atoms with Crippen LogP contribution < -0.4 is 11.1 Å². The van der Waals surface area contributed by atoms with Crippen molar-refractivity contribution in [2.24, 2.45) is 11.1 Å². The summed E-state index contributed by atoms with van der Waals surface area (Å²) < 4.78 is 5.32. The van der Waals surface area contributed by atoms with Gasteiger partial charge in [-0.15, -0.1) is 0 Å². The summed E-state index contributed by atoms with van der Waals surface area (Å²) >= 11 is 0. The highest BCUT2D eigenvalue weighted by molar-refractivity contribution is 5.91. The van der Waals surface area contributed by atoms with Crippen LogP contribution in [0.1, 0.15) is 61.8 Å². The lowest BCUT2D eigenvalue weighted by atomic mass is 9.85. The Morgan fingerprint density at radius 2 is 1.71 bits per heavy atom. The zero-order chi connectivity index (χ0) is 22.0. The van der Waals surface area contributed by atoms with Crippen molar-refractivity contribution in [3.05, 3.63) is 0 Å². The summed E-state index contributed by atoms with van der Waals surface area (Å²) in [6, 6.07) is -1.52. The van der Waals surface area contributed by atoms with Gasteiger partial charge >= 0.3 is 6.09 Å². The Labute approximate surface area is 169 Å². The summed E-state index contributed by atoms with van der Waals surface area (Å²) in [4.78, 5) is 41.2. The first-order chi connectivity index (χ1) is 12.5. The van der Waals surface area contributed by atoms with E-state index in [-0.39, 0.29) is 18.0 Å². The summed E-state index contributed by atoms with van der Waals surface area (Å²) in [6.45, 7) is 15.0. The van der Waals surface area contributed by atoms with Crippen molar-refractivity contribution < 1.29 is 19.1 Å². The van der Waals surface area contributed by atoms with Gasteiger partial charge in [0.25, 0.3) is 0 Å². The molecule has 1 fully saturated rings. The van der Waals surface area contributed by atoms with E-state index in [2.05, 4.69) is 5.32 Å². The zero-order valence-corrected chi connectivity index (χ0v) is 18.8. The molecule has 1 saturated heterocycles. The third kappa shape index (κ3) is 6.36. The molecule has 1 rings (SSSR count). The molecule has 0 saturated carbocycles. The van der Waals surface area contributed by atoms with E-state index in [0.29, 0.717) is 6.54 Å². The van der Waals surface area contributed by atoms with E-state index in [9.17, 15) is 14.4 Å². The van der Waals surface area contributed by atoms with E-state index >= 15 is 0 Å². The topological polar surface area (TPSA) is 105 Å². The number of carbonyl (C=O) groups excluding carboxylic acids is 3. The summed E-state index contributed by atoms with van der Waals surface area (Å²) in [5.41, 5.74) is 4.84. The highest BCUT2D eigenvalue weighted by atomic mass is 16.6. The van der Waals surface area contributed by atoms with Gasteiger partial charge in [0, 0.05) is 25.7 Å². The monoisotopic (exact) mass is 398 g/mol. The Morgan fingerprint density at radius 1 is 1.18 bits per heavy atom. The molecular formula is C20H38N4O4. The Bertz CT molecular complexity index is 594. The smallest absolute Gasteiger partial charge is 0.410 e. The van der Waals surface area contributed by atoms with Crippen molar-refractivity contribution >= 4 is 17.9 Å². The molecule has 0 bridgehead atoms. The molecule has 162 valence electrons. The first-order valence-corrected chi connectivity index (χ1v) is 9.87. The number of likely N-dealkylation sites (tertiary alicyclic amines) is 1. The molecule has 4 atom stereocenters. The number of nitrogens with one attached hydrogen (secondary N) is 1. The molecule has 3 N–H and O–H groups in total. The lowest BCUT2D eigenvalue weighted by molar-refractivity contribution is -0.141. The number of hydrogen-bond donors (Lipinski definition) is 2. The minimum atomic E-state index is -0.786. The first-order valence-electron chi connectivity index (χ1n) is 9.87. The molecule has 0 aromatic carbocycles. The van der Waals surface area contributed by atoms with E-state index in [1.165, 1.54) is 11.9 Å². The number of rotatable bonds is 4. The Kier molecular flexibility index (Phi) is 7.50. The van der Waals surface area contributed by atoms with Crippen LogP contribution in [0.2, 0.25) is 0 Å². The second-order valence-corrected chi connectivity index (χ2v) is 9.91. The van der Waals surface area contributed by atoms with Crippen LogP contribution >= 0.6 is 0 Å². The van der Waals surface area contributed by atoms with Gasteiger partial charge in [-0.1, -0.05) is 20.8 Å². The molecule has 8 heteroatoms. The average Bonchev–Trinajstić information content (AvgIpc) is 2.85. The van der Waals surface area contributed by atoms with Crippen LogP contribution in [0.5, 0.6) is 0 Å². The minimum absolute atomic E-state index is 0.0334. The van der Waals surface area contributed by atoms with Crippen molar-refractivity contribution in [3.8, 4) is 0 Å². The fourth-order valence-electron chi connectivity index (χ4n) is 3.12. The van der Waals surface area contributed by atoms with Gasteiger partial charge in [0.05, 0.1) is 0 Å². The predicted octanol–water partition coefficient (Wildman–Crippen LogP) is 1.72. The quantitative estimate of drug-likeness (QED) is 0.750. The fourth-order valence-corrected chi connectivity index (χ4v) is 3.12. The van der Waals surface area contributed by atoms with Crippen LogP contribution in [0.4, 0.5) is 4.79 Å². The van der Waals surface area contributed by atoms with Crippen molar-refractivity contribution in [1.29, 1.82) is 0 Å². The number of ether oxygens (including phenoxy) is 1. The first kappa shape index (κ1) is 24.2. The molecule has 1 heterocycles. The number of likely N-dealkylation sites (N-methyl/N-ethyl adjacent to an activating group) is 1. The van der Waals surface area contributed by atoms with Gasteiger partial charge in [-0.25, -0.2) is 4.79 Å². The van der Waals surface area contributed by atoms with Crippen LogP contribution in [0.15, 0.2) is 0 Å². The maximum Gasteiger partial charge on any atom is 0.410 e. The molecule has 0 aliphatic carbocycles. The van der Waals surface area contributed by atoms with E-state index in [0.717, 1.165) is 6.42 Å². The molecule has 2 unspecified atom stereocenters. The Balaban J connectivity index is 2.90. The molecule has 28 heavy (non-hydrogen) atoms. The van der Waals surface area contributed by atoms with Crippen LogP contribution in [0.25, 0.3) is 0 Å². The molecule has 1 aliphatic heterocycles.